The van der Waals surface area contributed by atoms with E-state index in [4.69, 9.17) is 5.11 Å². The Kier molecular flexibility index (Phi) is 2.70. The third-order valence-electron chi connectivity index (χ3n) is 2.75. The molecule has 1 heterocycles. The van der Waals surface area contributed by atoms with Gasteiger partial charge in [-0.15, -0.1) is 0 Å². The molecule has 18 heavy (non-hydrogen) atoms. The van der Waals surface area contributed by atoms with E-state index >= 15 is 0 Å². The van der Waals surface area contributed by atoms with E-state index in [9.17, 15) is 19.8 Å². The number of aromatic hydroxyl groups is 2. The Hall–Kier alpha value is -2.50. The van der Waals surface area contributed by atoms with Crippen molar-refractivity contribution in [2.75, 3.05) is 0 Å². The molecule has 3 N–H and O–H groups in total. The lowest BCUT2D eigenvalue weighted by Crippen LogP contribution is -2.18. The van der Waals surface area contributed by atoms with E-state index in [1.807, 2.05) is 0 Å². The number of nitrogens with zero attached hydrogens (tertiary/aromatic N) is 1. The third kappa shape index (κ3) is 1.67. The number of hydrogen-bond donors (Lipinski definition) is 3. The molecule has 2 rings (SSSR count). The Labute approximate surface area is 101 Å². The molecule has 6 nitrogen and oxygen atoms in total. The van der Waals surface area contributed by atoms with Gasteiger partial charge in [-0.2, -0.15) is 0 Å². The highest BCUT2D eigenvalue weighted by molar-refractivity contribution is 5.93. The zero-order chi connectivity index (χ0) is 13.4. The van der Waals surface area contributed by atoms with Gasteiger partial charge < -0.3 is 19.9 Å². The molecule has 0 unspecified atom stereocenters. The summed E-state index contributed by atoms with van der Waals surface area (Å²) < 4.78 is 1.53. The molecule has 0 aliphatic carbocycles. The zero-order valence-corrected chi connectivity index (χ0v) is 9.54. The Balaban J connectivity index is 2.99. The number of carbonyl (C=O) groups is 1. The van der Waals surface area contributed by atoms with Crippen LogP contribution >= 0.6 is 0 Å². The molecular formula is C12H11NO5. The largest absolute Gasteiger partial charge is 0.504 e. The number of benzene rings is 1. The van der Waals surface area contributed by atoms with Gasteiger partial charge in [0.05, 0.1) is 10.9 Å². The number of carboxylic acids is 1. The predicted octanol–water partition coefficient (Wildman–Crippen LogP) is 1.13. The molecular weight excluding hydrogens is 238 g/mol. The average molecular weight is 249 g/mol. The summed E-state index contributed by atoms with van der Waals surface area (Å²) in [6.07, 6.45) is 1.23. The number of carboxylic acid groups (broad SMARTS) is 1. The molecule has 0 amide bonds. The minimum absolute atomic E-state index is 0.0621. The highest BCUT2D eigenvalue weighted by Gasteiger charge is 2.15. The molecule has 0 saturated carbocycles. The fourth-order valence-electron chi connectivity index (χ4n) is 1.83. The van der Waals surface area contributed by atoms with Crippen molar-refractivity contribution in [3.8, 4) is 11.5 Å². The Morgan fingerprint density at radius 1 is 1.28 bits per heavy atom. The highest BCUT2D eigenvalue weighted by atomic mass is 16.4. The summed E-state index contributed by atoms with van der Waals surface area (Å²) in [5.41, 5.74) is -0.672. The maximum atomic E-state index is 11.9. The molecule has 2 aromatic rings. The Morgan fingerprint density at radius 3 is 2.44 bits per heavy atom. The van der Waals surface area contributed by atoms with E-state index in [-0.39, 0.29) is 16.7 Å². The molecule has 0 radical (unpaired) electrons. The number of rotatable bonds is 2. The van der Waals surface area contributed by atoms with Crippen molar-refractivity contribution in [2.45, 2.75) is 13.5 Å². The Bertz CT molecular complexity index is 702. The second-order valence-corrected chi connectivity index (χ2v) is 3.82. The zero-order valence-electron chi connectivity index (χ0n) is 9.54. The summed E-state index contributed by atoms with van der Waals surface area (Å²) in [7, 11) is 0. The first kappa shape index (κ1) is 12.0. The number of aryl methyl sites for hydroxylation is 1. The van der Waals surface area contributed by atoms with E-state index in [0.29, 0.717) is 12.1 Å². The molecule has 0 aliphatic rings. The van der Waals surface area contributed by atoms with Crippen molar-refractivity contribution in [1.82, 2.24) is 4.57 Å². The van der Waals surface area contributed by atoms with E-state index in [1.54, 1.807) is 6.92 Å². The van der Waals surface area contributed by atoms with Crippen molar-refractivity contribution in [3.63, 3.8) is 0 Å². The summed E-state index contributed by atoms with van der Waals surface area (Å²) in [6.45, 7) is 2.21. The van der Waals surface area contributed by atoms with E-state index in [2.05, 4.69) is 0 Å². The molecule has 0 spiro atoms. The third-order valence-corrected chi connectivity index (χ3v) is 2.75. The molecule has 1 aromatic carbocycles. The minimum Gasteiger partial charge on any atom is -0.504 e. The van der Waals surface area contributed by atoms with Crippen molar-refractivity contribution >= 4 is 16.9 Å². The lowest BCUT2D eigenvalue weighted by molar-refractivity contribution is 0.0695. The topological polar surface area (TPSA) is 99.8 Å². The number of phenols is 2. The Morgan fingerprint density at radius 2 is 1.89 bits per heavy atom. The van der Waals surface area contributed by atoms with Gasteiger partial charge in [0.15, 0.2) is 11.5 Å². The molecule has 0 bridgehead atoms. The number of hydrogen-bond acceptors (Lipinski definition) is 4. The highest BCUT2D eigenvalue weighted by Crippen LogP contribution is 2.28. The molecule has 1 aromatic heterocycles. The summed E-state index contributed by atoms with van der Waals surface area (Å²) >= 11 is 0. The van der Waals surface area contributed by atoms with Crippen molar-refractivity contribution in [1.29, 1.82) is 0 Å². The quantitative estimate of drug-likeness (QED) is 0.693. The van der Waals surface area contributed by atoms with Crippen LogP contribution in [0, 0.1) is 0 Å². The van der Waals surface area contributed by atoms with Crippen LogP contribution in [0.4, 0.5) is 0 Å². The number of fused-ring (bicyclic) bond motifs is 1. The van der Waals surface area contributed by atoms with Crippen LogP contribution < -0.4 is 5.43 Å². The predicted molar refractivity (Wildman–Crippen MR) is 64.2 cm³/mol. The van der Waals surface area contributed by atoms with Crippen LogP contribution in [0.3, 0.4) is 0 Å². The van der Waals surface area contributed by atoms with Crippen LogP contribution in [-0.2, 0) is 6.54 Å². The average Bonchev–Trinajstić information content (AvgIpc) is 2.32. The lowest BCUT2D eigenvalue weighted by atomic mass is 10.1. The second-order valence-electron chi connectivity index (χ2n) is 3.82. The summed E-state index contributed by atoms with van der Waals surface area (Å²) in [6, 6.07) is 2.31. The van der Waals surface area contributed by atoms with Crippen LogP contribution in [0.5, 0.6) is 11.5 Å². The molecule has 0 aliphatic heterocycles. The van der Waals surface area contributed by atoms with Gasteiger partial charge in [-0.25, -0.2) is 4.79 Å². The fraction of sp³-hybridized carbons (Fsp3) is 0.167. The number of aromatic carboxylic acids is 1. The van der Waals surface area contributed by atoms with Gasteiger partial charge in [-0.3, -0.25) is 4.79 Å². The van der Waals surface area contributed by atoms with Crippen molar-refractivity contribution in [2.24, 2.45) is 0 Å². The van der Waals surface area contributed by atoms with Crippen LogP contribution in [0.15, 0.2) is 23.1 Å². The monoisotopic (exact) mass is 249 g/mol. The van der Waals surface area contributed by atoms with Gasteiger partial charge >= 0.3 is 5.97 Å². The standard InChI is InChI=1S/C12H11NO5/c1-2-13-5-7(12(17)18)11(16)6-3-9(14)10(15)4-8(6)13/h3-5,14-15H,2H2,1H3,(H,17,18). The first-order valence-corrected chi connectivity index (χ1v) is 5.28. The van der Waals surface area contributed by atoms with Crippen LogP contribution in [-0.4, -0.2) is 25.9 Å². The SMILES string of the molecule is CCn1cc(C(=O)O)c(=O)c2cc(O)c(O)cc21. The molecule has 94 valence electrons. The summed E-state index contributed by atoms with van der Waals surface area (Å²) in [5, 5.41) is 27.8. The fourth-order valence-corrected chi connectivity index (χ4v) is 1.83. The molecule has 0 fully saturated rings. The van der Waals surface area contributed by atoms with Crippen LogP contribution in [0.25, 0.3) is 10.9 Å². The van der Waals surface area contributed by atoms with Gasteiger partial charge in [0, 0.05) is 18.8 Å². The minimum atomic E-state index is -1.32. The maximum absolute atomic E-state index is 11.9. The molecule has 6 heteroatoms. The van der Waals surface area contributed by atoms with Crippen LogP contribution in [0.2, 0.25) is 0 Å². The first-order valence-electron chi connectivity index (χ1n) is 5.28. The van der Waals surface area contributed by atoms with Gasteiger partial charge in [-0.05, 0) is 13.0 Å². The van der Waals surface area contributed by atoms with Gasteiger partial charge in [0.1, 0.15) is 5.56 Å². The smallest absolute Gasteiger partial charge is 0.341 e. The van der Waals surface area contributed by atoms with Gasteiger partial charge in [0.25, 0.3) is 0 Å². The second kappa shape index (κ2) is 4.06. The number of phenolic OH excluding ortho intramolecular Hbond substituents is 2. The molecule has 0 saturated heterocycles. The van der Waals surface area contributed by atoms with E-state index in [0.717, 1.165) is 6.07 Å². The first-order chi connectivity index (χ1) is 8.45. The number of aromatic nitrogens is 1. The van der Waals surface area contributed by atoms with Gasteiger partial charge in [-0.1, -0.05) is 0 Å². The van der Waals surface area contributed by atoms with E-state index < -0.39 is 17.1 Å². The van der Waals surface area contributed by atoms with Crippen molar-refractivity contribution < 1.29 is 20.1 Å². The van der Waals surface area contributed by atoms with E-state index in [1.165, 1.54) is 16.8 Å². The number of pyridine rings is 1. The summed E-state index contributed by atoms with van der Waals surface area (Å²) in [5.74, 6) is -2.13. The maximum Gasteiger partial charge on any atom is 0.341 e. The van der Waals surface area contributed by atoms with Crippen molar-refractivity contribution in [3.05, 3.63) is 34.1 Å². The summed E-state index contributed by atoms with van der Waals surface area (Å²) in [4.78, 5) is 22.9. The van der Waals surface area contributed by atoms with Crippen LogP contribution in [0.1, 0.15) is 17.3 Å². The molecule has 0 atom stereocenters. The normalized spacial score (nSPS) is 10.7. The van der Waals surface area contributed by atoms with Gasteiger partial charge in [0.2, 0.25) is 5.43 Å². The lowest BCUT2D eigenvalue weighted by Gasteiger charge is -2.10.